The maximum atomic E-state index is 12.7. The molecule has 0 spiro atoms. The number of hydrogen-bond acceptors (Lipinski definition) is 4. The Kier molecular flexibility index (Phi) is 5.64. The molecule has 3 rings (SSSR count). The summed E-state index contributed by atoms with van der Waals surface area (Å²) in [4.78, 5) is 4.69. The summed E-state index contributed by atoms with van der Waals surface area (Å²) in [6.07, 6.45) is 0. The van der Waals surface area contributed by atoms with E-state index < -0.39 is 10.0 Å². The van der Waals surface area contributed by atoms with Gasteiger partial charge in [-0.15, -0.1) is 11.3 Å². The highest BCUT2D eigenvalue weighted by Crippen LogP contribution is 2.29. The average molecular weight is 415 g/mol. The molecule has 28 heavy (non-hydrogen) atoms. The molecule has 4 nitrogen and oxygen atoms in total. The zero-order valence-corrected chi connectivity index (χ0v) is 18.5. The van der Waals surface area contributed by atoms with Crippen molar-refractivity contribution < 1.29 is 8.42 Å². The predicted octanol–water partition coefficient (Wildman–Crippen LogP) is 6.03. The van der Waals surface area contributed by atoms with E-state index in [2.05, 4.69) is 56.5 Å². The van der Waals surface area contributed by atoms with Gasteiger partial charge in [0.05, 0.1) is 10.6 Å². The standard InChI is InChI=1S/C22H26N2O2S2/c1-15(2)16-6-8-17(9-7-16)20-14-27-21(23-20)24-28(25,26)19-12-10-18(11-13-19)22(3,4)5/h6-15H,1-5H3,(H,23,24). The van der Waals surface area contributed by atoms with Crippen molar-refractivity contribution in [2.45, 2.75) is 50.8 Å². The minimum absolute atomic E-state index is 0.0228. The molecule has 2 aromatic carbocycles. The number of nitrogens with zero attached hydrogens (tertiary/aromatic N) is 1. The van der Waals surface area contributed by atoms with E-state index in [1.165, 1.54) is 16.9 Å². The molecule has 1 heterocycles. The van der Waals surface area contributed by atoms with Gasteiger partial charge in [-0.05, 0) is 34.6 Å². The van der Waals surface area contributed by atoms with Crippen LogP contribution in [0.2, 0.25) is 0 Å². The number of anilines is 1. The Bertz CT molecular complexity index is 1040. The first-order valence-electron chi connectivity index (χ1n) is 9.25. The summed E-state index contributed by atoms with van der Waals surface area (Å²) in [7, 11) is -3.66. The molecule has 0 radical (unpaired) electrons. The fraction of sp³-hybridized carbons (Fsp3) is 0.318. The van der Waals surface area contributed by atoms with Crippen LogP contribution < -0.4 is 4.72 Å². The van der Waals surface area contributed by atoms with E-state index in [1.54, 1.807) is 12.1 Å². The summed E-state index contributed by atoms with van der Waals surface area (Å²) in [6.45, 7) is 10.6. The van der Waals surface area contributed by atoms with Crippen LogP contribution in [0.25, 0.3) is 11.3 Å². The number of aromatic nitrogens is 1. The van der Waals surface area contributed by atoms with E-state index in [-0.39, 0.29) is 10.3 Å². The van der Waals surface area contributed by atoms with E-state index in [0.29, 0.717) is 11.0 Å². The van der Waals surface area contributed by atoms with Crippen molar-refractivity contribution in [2.24, 2.45) is 0 Å². The van der Waals surface area contributed by atoms with Gasteiger partial charge in [0, 0.05) is 10.9 Å². The molecule has 0 aliphatic rings. The molecule has 0 saturated carbocycles. The van der Waals surface area contributed by atoms with Crippen LogP contribution in [-0.2, 0) is 15.4 Å². The fourth-order valence-electron chi connectivity index (χ4n) is 2.80. The number of hydrogen-bond donors (Lipinski definition) is 1. The second kappa shape index (κ2) is 7.68. The van der Waals surface area contributed by atoms with Crippen LogP contribution >= 0.6 is 11.3 Å². The second-order valence-corrected chi connectivity index (χ2v) is 10.7. The zero-order valence-electron chi connectivity index (χ0n) is 16.9. The Labute approximate surface area is 171 Å². The van der Waals surface area contributed by atoms with Gasteiger partial charge in [-0.3, -0.25) is 4.72 Å². The molecule has 3 aromatic rings. The molecule has 1 N–H and O–H groups in total. The third-order valence-corrected chi connectivity index (χ3v) is 6.87. The van der Waals surface area contributed by atoms with Gasteiger partial charge in [0.15, 0.2) is 5.13 Å². The Morgan fingerprint density at radius 3 is 2.11 bits per heavy atom. The lowest BCUT2D eigenvalue weighted by atomic mass is 9.87. The fourth-order valence-corrected chi connectivity index (χ4v) is 4.77. The molecular formula is C22H26N2O2S2. The third-order valence-electron chi connectivity index (χ3n) is 4.63. The highest BCUT2D eigenvalue weighted by Gasteiger charge is 2.19. The SMILES string of the molecule is CC(C)c1ccc(-c2csc(NS(=O)(=O)c3ccc(C(C)(C)C)cc3)n2)cc1. The lowest BCUT2D eigenvalue weighted by molar-refractivity contribution is 0.587. The van der Waals surface area contributed by atoms with Gasteiger partial charge in [0.1, 0.15) is 0 Å². The molecule has 0 amide bonds. The summed E-state index contributed by atoms with van der Waals surface area (Å²) < 4.78 is 28.0. The molecule has 0 aliphatic heterocycles. The summed E-state index contributed by atoms with van der Waals surface area (Å²) >= 11 is 1.28. The lowest BCUT2D eigenvalue weighted by Crippen LogP contribution is -2.14. The van der Waals surface area contributed by atoms with Gasteiger partial charge in [-0.2, -0.15) is 0 Å². The van der Waals surface area contributed by atoms with Gasteiger partial charge in [-0.1, -0.05) is 71.0 Å². The van der Waals surface area contributed by atoms with Crippen molar-refractivity contribution in [3.63, 3.8) is 0 Å². The molecular weight excluding hydrogens is 388 g/mol. The van der Waals surface area contributed by atoms with Crippen molar-refractivity contribution in [2.75, 3.05) is 4.72 Å². The number of rotatable bonds is 5. The minimum Gasteiger partial charge on any atom is -0.255 e. The zero-order chi connectivity index (χ0) is 20.5. The summed E-state index contributed by atoms with van der Waals surface area (Å²) in [6, 6.07) is 15.2. The van der Waals surface area contributed by atoms with E-state index in [4.69, 9.17) is 0 Å². The smallest absolute Gasteiger partial charge is 0.255 e. The third kappa shape index (κ3) is 4.62. The predicted molar refractivity (Wildman–Crippen MR) is 118 cm³/mol. The van der Waals surface area contributed by atoms with Gasteiger partial charge in [0.2, 0.25) is 0 Å². The van der Waals surface area contributed by atoms with Crippen LogP contribution in [0.15, 0.2) is 58.8 Å². The molecule has 0 saturated heterocycles. The number of sulfonamides is 1. The highest BCUT2D eigenvalue weighted by atomic mass is 32.2. The van der Waals surface area contributed by atoms with Crippen molar-refractivity contribution in [1.82, 2.24) is 4.98 Å². The molecule has 0 aliphatic carbocycles. The summed E-state index contributed by atoms with van der Waals surface area (Å²) in [5.41, 5.74) is 4.07. The summed E-state index contributed by atoms with van der Waals surface area (Å²) in [5, 5.41) is 2.23. The first-order chi connectivity index (χ1) is 13.1. The molecule has 1 aromatic heterocycles. The van der Waals surface area contributed by atoms with Crippen LogP contribution in [0.1, 0.15) is 51.7 Å². The van der Waals surface area contributed by atoms with Crippen LogP contribution in [0, 0.1) is 0 Å². The summed E-state index contributed by atoms with van der Waals surface area (Å²) in [5.74, 6) is 0.469. The molecule has 6 heteroatoms. The van der Waals surface area contributed by atoms with Crippen LogP contribution in [-0.4, -0.2) is 13.4 Å². The van der Waals surface area contributed by atoms with Gasteiger partial charge in [0.25, 0.3) is 10.0 Å². The Morgan fingerprint density at radius 1 is 0.964 bits per heavy atom. The van der Waals surface area contributed by atoms with Gasteiger partial charge < -0.3 is 0 Å². The normalized spacial score (nSPS) is 12.4. The Hall–Kier alpha value is -2.18. The molecule has 148 valence electrons. The quantitative estimate of drug-likeness (QED) is 0.554. The minimum atomic E-state index is -3.66. The first kappa shape index (κ1) is 20.6. The van der Waals surface area contributed by atoms with Gasteiger partial charge >= 0.3 is 0 Å². The van der Waals surface area contributed by atoms with Crippen molar-refractivity contribution in [3.8, 4) is 11.3 Å². The molecule has 0 unspecified atom stereocenters. The lowest BCUT2D eigenvalue weighted by Gasteiger charge is -2.19. The topological polar surface area (TPSA) is 59.1 Å². The highest BCUT2D eigenvalue weighted by molar-refractivity contribution is 7.93. The number of nitrogens with one attached hydrogen (secondary N) is 1. The number of benzene rings is 2. The second-order valence-electron chi connectivity index (χ2n) is 8.19. The van der Waals surface area contributed by atoms with Crippen molar-refractivity contribution in [3.05, 3.63) is 65.0 Å². The largest absolute Gasteiger partial charge is 0.263 e. The maximum Gasteiger partial charge on any atom is 0.263 e. The Balaban J connectivity index is 1.78. The van der Waals surface area contributed by atoms with E-state index >= 15 is 0 Å². The molecule has 0 atom stereocenters. The molecule has 0 bridgehead atoms. The van der Waals surface area contributed by atoms with Gasteiger partial charge in [-0.25, -0.2) is 13.4 Å². The Morgan fingerprint density at radius 2 is 1.57 bits per heavy atom. The van der Waals surface area contributed by atoms with Crippen LogP contribution in [0.4, 0.5) is 5.13 Å². The van der Waals surface area contributed by atoms with Crippen molar-refractivity contribution in [1.29, 1.82) is 0 Å². The van der Waals surface area contributed by atoms with Crippen LogP contribution in [0.5, 0.6) is 0 Å². The van der Waals surface area contributed by atoms with E-state index in [0.717, 1.165) is 16.8 Å². The number of thiazole rings is 1. The average Bonchev–Trinajstić information content (AvgIpc) is 3.09. The van der Waals surface area contributed by atoms with E-state index in [9.17, 15) is 8.42 Å². The van der Waals surface area contributed by atoms with Crippen LogP contribution in [0.3, 0.4) is 0 Å². The van der Waals surface area contributed by atoms with Crippen molar-refractivity contribution >= 4 is 26.5 Å². The maximum absolute atomic E-state index is 12.7. The monoisotopic (exact) mass is 414 g/mol. The van der Waals surface area contributed by atoms with E-state index in [1.807, 2.05) is 29.6 Å². The first-order valence-corrected chi connectivity index (χ1v) is 11.6. The molecule has 0 fully saturated rings.